The van der Waals surface area contributed by atoms with E-state index in [4.69, 9.17) is 4.98 Å². The second-order valence-corrected chi connectivity index (χ2v) is 8.20. The molecule has 0 saturated carbocycles. The minimum atomic E-state index is 0.142. The van der Waals surface area contributed by atoms with E-state index in [9.17, 15) is 4.79 Å². The third-order valence-corrected chi connectivity index (χ3v) is 5.96. The number of nitrogens with zero attached hydrogens (tertiary/aromatic N) is 2. The van der Waals surface area contributed by atoms with Gasteiger partial charge in [-0.3, -0.25) is 4.79 Å². The van der Waals surface area contributed by atoms with Crippen molar-refractivity contribution in [1.29, 1.82) is 0 Å². The van der Waals surface area contributed by atoms with Crippen molar-refractivity contribution in [1.82, 2.24) is 9.88 Å². The Morgan fingerprint density at radius 2 is 1.68 bits per heavy atom. The summed E-state index contributed by atoms with van der Waals surface area (Å²) in [4.78, 5) is 21.5. The molecule has 0 N–H and O–H groups in total. The van der Waals surface area contributed by atoms with Gasteiger partial charge in [0.2, 0.25) is 0 Å². The zero-order valence-corrected chi connectivity index (χ0v) is 17.8. The molecule has 0 unspecified atom stereocenters. The molecule has 3 aromatic rings. The number of hydrogen-bond donors (Lipinski definition) is 0. The molecule has 2 heterocycles. The number of thiophene rings is 1. The molecular weight excluding hydrogens is 364 g/mol. The number of aromatic nitrogens is 1. The number of unbranched alkanes of at least 4 members (excludes halogenated alkanes) is 4. The summed E-state index contributed by atoms with van der Waals surface area (Å²) < 4.78 is 0. The molecule has 0 bridgehead atoms. The van der Waals surface area contributed by atoms with Gasteiger partial charge in [0.05, 0.1) is 21.7 Å². The van der Waals surface area contributed by atoms with Gasteiger partial charge in [-0.15, -0.1) is 11.3 Å². The second kappa shape index (κ2) is 10.4. The van der Waals surface area contributed by atoms with Crippen LogP contribution in [0.25, 0.3) is 21.5 Å². The second-order valence-electron chi connectivity index (χ2n) is 7.26. The minimum Gasteiger partial charge on any atom is -0.339 e. The molecule has 0 aliphatic heterocycles. The van der Waals surface area contributed by atoms with Gasteiger partial charge < -0.3 is 4.90 Å². The molecule has 0 saturated heterocycles. The maximum atomic E-state index is 13.6. The number of pyridine rings is 1. The molecular formula is C24H30N2OS. The van der Waals surface area contributed by atoms with E-state index in [0.717, 1.165) is 78.7 Å². The van der Waals surface area contributed by atoms with Gasteiger partial charge in [0.15, 0.2) is 0 Å². The van der Waals surface area contributed by atoms with Gasteiger partial charge in [0, 0.05) is 18.5 Å². The number of fused-ring (bicyclic) bond motifs is 1. The molecule has 0 radical (unpaired) electrons. The van der Waals surface area contributed by atoms with Crippen LogP contribution in [0, 0.1) is 0 Å². The van der Waals surface area contributed by atoms with Gasteiger partial charge in [-0.25, -0.2) is 4.98 Å². The van der Waals surface area contributed by atoms with Gasteiger partial charge in [0.25, 0.3) is 5.91 Å². The molecule has 28 heavy (non-hydrogen) atoms. The van der Waals surface area contributed by atoms with Crippen LogP contribution in [0.15, 0.2) is 47.8 Å². The van der Waals surface area contributed by atoms with Crippen LogP contribution in [0.4, 0.5) is 0 Å². The fraction of sp³-hybridized carbons (Fsp3) is 0.417. The van der Waals surface area contributed by atoms with Crippen LogP contribution in [-0.4, -0.2) is 28.9 Å². The smallest absolute Gasteiger partial charge is 0.254 e. The van der Waals surface area contributed by atoms with Crippen LogP contribution >= 0.6 is 11.3 Å². The Balaban J connectivity index is 1.96. The van der Waals surface area contributed by atoms with E-state index >= 15 is 0 Å². The van der Waals surface area contributed by atoms with Crippen LogP contribution in [0.2, 0.25) is 0 Å². The van der Waals surface area contributed by atoms with Crippen LogP contribution in [0.1, 0.15) is 62.7 Å². The van der Waals surface area contributed by atoms with Crippen molar-refractivity contribution in [3.63, 3.8) is 0 Å². The molecule has 0 fully saturated rings. The SMILES string of the molecule is CCCCCN(CCCCC)C(=O)c1cc(-c2cccs2)nc2ccccc12. The number of hydrogen-bond acceptors (Lipinski definition) is 3. The predicted octanol–water partition coefficient (Wildman–Crippen LogP) is 6.79. The number of carbonyl (C=O) groups excluding carboxylic acids is 1. The summed E-state index contributed by atoms with van der Waals surface area (Å²) in [5, 5.41) is 3.00. The number of amides is 1. The first kappa shape index (κ1) is 20.5. The highest BCUT2D eigenvalue weighted by Gasteiger charge is 2.19. The zero-order chi connectivity index (χ0) is 19.8. The summed E-state index contributed by atoms with van der Waals surface area (Å²) in [7, 11) is 0. The first-order chi connectivity index (χ1) is 13.7. The first-order valence-corrected chi connectivity index (χ1v) is 11.4. The molecule has 1 amide bonds. The van der Waals surface area contributed by atoms with Crippen molar-refractivity contribution >= 4 is 28.1 Å². The normalized spacial score (nSPS) is 11.1. The maximum absolute atomic E-state index is 13.6. The largest absolute Gasteiger partial charge is 0.339 e. The van der Waals surface area contributed by atoms with Crippen LogP contribution in [0.3, 0.4) is 0 Å². The highest BCUT2D eigenvalue weighted by Crippen LogP contribution is 2.28. The molecule has 0 aliphatic carbocycles. The van der Waals surface area contributed by atoms with Gasteiger partial charge in [-0.1, -0.05) is 63.8 Å². The molecule has 1 aromatic carbocycles. The van der Waals surface area contributed by atoms with Crippen molar-refractivity contribution in [2.75, 3.05) is 13.1 Å². The lowest BCUT2D eigenvalue weighted by atomic mass is 10.0. The van der Waals surface area contributed by atoms with E-state index in [1.807, 2.05) is 36.4 Å². The molecule has 3 nitrogen and oxygen atoms in total. The van der Waals surface area contributed by atoms with Crippen molar-refractivity contribution in [3.05, 3.63) is 53.4 Å². The highest BCUT2D eigenvalue weighted by atomic mass is 32.1. The third-order valence-electron chi connectivity index (χ3n) is 5.07. The Hall–Kier alpha value is -2.20. The van der Waals surface area contributed by atoms with Gasteiger partial charge in [-0.05, 0) is 36.4 Å². The highest BCUT2D eigenvalue weighted by molar-refractivity contribution is 7.13. The third kappa shape index (κ3) is 4.99. The van der Waals surface area contributed by atoms with E-state index in [1.165, 1.54) is 0 Å². The molecule has 4 heteroatoms. The number of rotatable bonds is 10. The lowest BCUT2D eigenvalue weighted by molar-refractivity contribution is 0.0751. The lowest BCUT2D eigenvalue weighted by Gasteiger charge is -2.24. The summed E-state index contributed by atoms with van der Waals surface area (Å²) in [6.07, 6.45) is 6.78. The molecule has 0 spiro atoms. The fourth-order valence-corrected chi connectivity index (χ4v) is 4.18. The van der Waals surface area contributed by atoms with Gasteiger partial charge in [-0.2, -0.15) is 0 Å². The Morgan fingerprint density at radius 1 is 0.964 bits per heavy atom. The minimum absolute atomic E-state index is 0.142. The van der Waals surface area contributed by atoms with Crippen LogP contribution in [0.5, 0.6) is 0 Å². The van der Waals surface area contributed by atoms with Crippen molar-refractivity contribution in [3.8, 4) is 10.6 Å². The van der Waals surface area contributed by atoms with E-state index < -0.39 is 0 Å². The van der Waals surface area contributed by atoms with Crippen molar-refractivity contribution in [2.45, 2.75) is 52.4 Å². The van der Waals surface area contributed by atoms with Crippen molar-refractivity contribution < 1.29 is 4.79 Å². The number of para-hydroxylation sites is 1. The van der Waals surface area contributed by atoms with E-state index in [0.29, 0.717) is 0 Å². The maximum Gasteiger partial charge on any atom is 0.254 e. The average Bonchev–Trinajstić information content (AvgIpc) is 3.26. The molecule has 3 rings (SSSR count). The number of benzene rings is 1. The Bertz CT molecular complexity index is 879. The summed E-state index contributed by atoms with van der Waals surface area (Å²) in [6.45, 7) is 6.07. The van der Waals surface area contributed by atoms with Crippen LogP contribution in [-0.2, 0) is 0 Å². The van der Waals surface area contributed by atoms with Gasteiger partial charge in [0.1, 0.15) is 0 Å². The molecule has 0 atom stereocenters. The monoisotopic (exact) mass is 394 g/mol. The standard InChI is InChI=1S/C24H30N2OS/c1-3-5-9-15-26(16-10-6-4-2)24(27)20-18-22(23-14-11-17-28-23)25-21-13-8-7-12-19(20)21/h7-8,11-14,17-18H,3-6,9-10,15-16H2,1-2H3. The van der Waals surface area contributed by atoms with Gasteiger partial charge >= 0.3 is 0 Å². The zero-order valence-electron chi connectivity index (χ0n) is 17.0. The van der Waals surface area contributed by atoms with E-state index in [-0.39, 0.29) is 5.91 Å². The Morgan fingerprint density at radius 3 is 2.32 bits per heavy atom. The Labute approximate surface area is 172 Å². The lowest BCUT2D eigenvalue weighted by Crippen LogP contribution is -2.33. The summed E-state index contributed by atoms with van der Waals surface area (Å²) >= 11 is 1.66. The van der Waals surface area contributed by atoms with E-state index in [2.05, 4.69) is 30.2 Å². The predicted molar refractivity (Wildman–Crippen MR) is 120 cm³/mol. The van der Waals surface area contributed by atoms with Crippen LogP contribution < -0.4 is 0 Å². The summed E-state index contributed by atoms with van der Waals surface area (Å²) in [6, 6.07) is 14.1. The Kier molecular flexibility index (Phi) is 7.61. The summed E-state index contributed by atoms with van der Waals surface area (Å²) in [5.74, 6) is 0.142. The van der Waals surface area contributed by atoms with Crippen molar-refractivity contribution in [2.24, 2.45) is 0 Å². The molecule has 0 aliphatic rings. The number of carbonyl (C=O) groups is 1. The molecule has 148 valence electrons. The van der Waals surface area contributed by atoms with E-state index in [1.54, 1.807) is 11.3 Å². The molecule has 2 aromatic heterocycles. The topological polar surface area (TPSA) is 33.2 Å². The average molecular weight is 395 g/mol. The fourth-order valence-electron chi connectivity index (χ4n) is 3.49. The quantitative estimate of drug-likeness (QED) is 0.355. The first-order valence-electron chi connectivity index (χ1n) is 10.5. The summed E-state index contributed by atoms with van der Waals surface area (Å²) in [5.41, 5.74) is 2.56.